The molecule has 2 aromatic carbocycles. The molecule has 0 aliphatic heterocycles. The van der Waals surface area contributed by atoms with E-state index in [2.05, 4.69) is 21.2 Å². The van der Waals surface area contributed by atoms with Crippen molar-refractivity contribution in [2.45, 2.75) is 46.7 Å². The second-order valence-electron chi connectivity index (χ2n) is 8.23. The van der Waals surface area contributed by atoms with Gasteiger partial charge in [-0.1, -0.05) is 41.1 Å². The van der Waals surface area contributed by atoms with Crippen LogP contribution in [0.5, 0.6) is 0 Å². The van der Waals surface area contributed by atoms with Crippen molar-refractivity contribution < 1.29 is 18.0 Å². The highest BCUT2D eigenvalue weighted by molar-refractivity contribution is 9.10. The Hall–Kier alpha value is -2.39. The fraction of sp³-hybridized carbons (Fsp3) is 0.417. The van der Waals surface area contributed by atoms with E-state index in [9.17, 15) is 18.0 Å². The fourth-order valence-corrected chi connectivity index (χ4v) is 4.80. The smallest absolute Gasteiger partial charge is 0.244 e. The maximum absolute atomic E-state index is 13.5. The van der Waals surface area contributed by atoms with Crippen molar-refractivity contribution in [1.29, 1.82) is 0 Å². The molecule has 2 aromatic rings. The third-order valence-electron chi connectivity index (χ3n) is 5.13. The summed E-state index contributed by atoms with van der Waals surface area (Å²) in [4.78, 5) is 27.6. The number of aryl methyl sites for hydroxylation is 2. The van der Waals surface area contributed by atoms with E-state index in [1.54, 1.807) is 19.1 Å². The Morgan fingerprint density at radius 2 is 1.73 bits per heavy atom. The Balaban J connectivity index is 2.40. The molecule has 2 rings (SSSR count). The summed E-state index contributed by atoms with van der Waals surface area (Å²) < 4.78 is 27.2. The van der Waals surface area contributed by atoms with Gasteiger partial charge in [-0.25, -0.2) is 8.42 Å². The number of carbonyl (C=O) groups excluding carboxylic acids is 2. The van der Waals surface area contributed by atoms with Crippen LogP contribution in [0, 0.1) is 13.8 Å². The van der Waals surface area contributed by atoms with Gasteiger partial charge in [0.15, 0.2) is 0 Å². The molecule has 0 spiro atoms. The summed E-state index contributed by atoms with van der Waals surface area (Å²) in [5, 5.41) is 2.82. The van der Waals surface area contributed by atoms with Gasteiger partial charge in [0, 0.05) is 17.6 Å². The largest absolute Gasteiger partial charge is 0.354 e. The van der Waals surface area contributed by atoms with Gasteiger partial charge in [-0.3, -0.25) is 13.9 Å². The van der Waals surface area contributed by atoms with Crippen LogP contribution in [0.3, 0.4) is 0 Å². The van der Waals surface area contributed by atoms with Crippen LogP contribution in [0.2, 0.25) is 0 Å². The van der Waals surface area contributed by atoms with Crippen LogP contribution in [-0.2, 0) is 26.2 Å². The molecular formula is C24H32BrN3O4S. The summed E-state index contributed by atoms with van der Waals surface area (Å²) >= 11 is 3.43. The first kappa shape index (κ1) is 26.9. The van der Waals surface area contributed by atoms with Crippen LogP contribution in [-0.4, -0.2) is 50.5 Å². The number of anilines is 1. The molecule has 33 heavy (non-hydrogen) atoms. The molecule has 0 bridgehead atoms. The average Bonchev–Trinajstić information content (AvgIpc) is 2.71. The third-order valence-corrected chi connectivity index (χ3v) is 6.77. The highest BCUT2D eigenvalue weighted by Crippen LogP contribution is 2.22. The van der Waals surface area contributed by atoms with E-state index in [1.165, 1.54) is 4.90 Å². The maximum atomic E-state index is 13.5. The summed E-state index contributed by atoms with van der Waals surface area (Å²) in [6, 6.07) is 12.1. The molecule has 1 N–H and O–H groups in total. The second-order valence-corrected chi connectivity index (χ2v) is 11.1. The Labute approximate surface area is 205 Å². The number of hydrogen-bond acceptors (Lipinski definition) is 4. The van der Waals surface area contributed by atoms with E-state index in [1.807, 2.05) is 51.1 Å². The van der Waals surface area contributed by atoms with E-state index in [4.69, 9.17) is 0 Å². The van der Waals surface area contributed by atoms with Crippen LogP contribution < -0.4 is 9.62 Å². The molecule has 7 nitrogen and oxygen atoms in total. The topological polar surface area (TPSA) is 86.8 Å². The Kier molecular flexibility index (Phi) is 9.48. The lowest BCUT2D eigenvalue weighted by atomic mass is 10.1. The number of nitrogens with zero attached hydrogens (tertiary/aromatic N) is 2. The van der Waals surface area contributed by atoms with Gasteiger partial charge >= 0.3 is 0 Å². The number of halogens is 1. The number of hydrogen-bond donors (Lipinski definition) is 1. The molecule has 0 fully saturated rings. The van der Waals surface area contributed by atoms with Gasteiger partial charge in [0.2, 0.25) is 21.8 Å². The number of amides is 2. The van der Waals surface area contributed by atoms with Gasteiger partial charge in [0.05, 0.1) is 11.9 Å². The minimum atomic E-state index is -3.74. The van der Waals surface area contributed by atoms with E-state index >= 15 is 0 Å². The molecule has 0 aliphatic carbocycles. The highest BCUT2D eigenvalue weighted by atomic mass is 79.9. The third kappa shape index (κ3) is 7.85. The normalized spacial score (nSPS) is 12.2. The zero-order chi connectivity index (χ0) is 24.8. The standard InChI is InChI=1S/C24H32BrN3O4S/c1-6-10-26-24(30)19(4)27(15-20-8-7-9-21(25)14-20)23(29)16-28(33(5,31)32)22-12-17(2)11-18(3)13-22/h7-9,11-14,19H,6,10,15-16H2,1-5H3,(H,26,30)/t19-/m1/s1. The summed E-state index contributed by atoms with van der Waals surface area (Å²) in [5.74, 6) is -0.740. The van der Waals surface area contributed by atoms with Gasteiger partial charge in [0.1, 0.15) is 12.6 Å². The summed E-state index contributed by atoms with van der Waals surface area (Å²) in [5.41, 5.74) is 3.04. The van der Waals surface area contributed by atoms with E-state index in [0.717, 1.165) is 38.1 Å². The van der Waals surface area contributed by atoms with Crippen molar-refractivity contribution in [1.82, 2.24) is 10.2 Å². The number of sulfonamides is 1. The first-order chi connectivity index (χ1) is 15.4. The zero-order valence-corrected chi connectivity index (χ0v) is 22.2. The lowest BCUT2D eigenvalue weighted by Crippen LogP contribution is -2.51. The summed E-state index contributed by atoms with van der Waals surface area (Å²) in [6.07, 6.45) is 1.85. The Morgan fingerprint density at radius 3 is 2.27 bits per heavy atom. The molecule has 0 saturated carbocycles. The SMILES string of the molecule is CCCNC(=O)[C@@H](C)N(Cc1cccc(Br)c1)C(=O)CN(c1cc(C)cc(C)c1)S(C)(=O)=O. The monoisotopic (exact) mass is 537 g/mol. The molecule has 0 radical (unpaired) electrons. The van der Waals surface area contributed by atoms with Crippen molar-refractivity contribution >= 4 is 43.5 Å². The Bertz CT molecular complexity index is 1080. The first-order valence-corrected chi connectivity index (χ1v) is 13.4. The van der Waals surface area contributed by atoms with Crippen molar-refractivity contribution in [2.75, 3.05) is 23.7 Å². The quantitative estimate of drug-likeness (QED) is 0.499. The predicted molar refractivity (Wildman–Crippen MR) is 136 cm³/mol. The van der Waals surface area contributed by atoms with E-state index in [0.29, 0.717) is 12.2 Å². The average molecular weight is 539 g/mol. The van der Waals surface area contributed by atoms with E-state index in [-0.39, 0.29) is 12.5 Å². The molecule has 0 aliphatic rings. The van der Waals surface area contributed by atoms with Crippen LogP contribution in [0.15, 0.2) is 46.9 Å². The van der Waals surface area contributed by atoms with E-state index < -0.39 is 28.5 Å². The zero-order valence-electron chi connectivity index (χ0n) is 19.8. The molecule has 0 aromatic heterocycles. The molecular weight excluding hydrogens is 506 g/mol. The van der Waals surface area contributed by atoms with Crippen LogP contribution in [0.1, 0.15) is 37.0 Å². The highest BCUT2D eigenvalue weighted by Gasteiger charge is 2.30. The number of rotatable bonds is 10. The molecule has 0 unspecified atom stereocenters. The first-order valence-electron chi connectivity index (χ1n) is 10.8. The summed E-state index contributed by atoms with van der Waals surface area (Å²) in [7, 11) is -3.74. The molecule has 180 valence electrons. The lowest BCUT2D eigenvalue weighted by molar-refractivity contribution is -0.139. The van der Waals surface area contributed by atoms with Gasteiger partial charge in [-0.05, 0) is 68.1 Å². The number of nitrogens with one attached hydrogen (secondary N) is 1. The minimum Gasteiger partial charge on any atom is -0.354 e. The van der Waals surface area contributed by atoms with Crippen molar-refractivity contribution in [3.05, 3.63) is 63.6 Å². The summed E-state index contributed by atoms with van der Waals surface area (Å²) in [6.45, 7) is 7.62. The van der Waals surface area contributed by atoms with Gasteiger partial charge < -0.3 is 10.2 Å². The lowest BCUT2D eigenvalue weighted by Gasteiger charge is -2.31. The van der Waals surface area contributed by atoms with Crippen LogP contribution in [0.25, 0.3) is 0 Å². The van der Waals surface area contributed by atoms with Gasteiger partial charge in [0.25, 0.3) is 0 Å². The second kappa shape index (κ2) is 11.7. The van der Waals surface area contributed by atoms with Crippen molar-refractivity contribution in [3.8, 4) is 0 Å². The van der Waals surface area contributed by atoms with Gasteiger partial charge in [-0.15, -0.1) is 0 Å². The molecule has 9 heteroatoms. The molecule has 0 saturated heterocycles. The molecule has 0 heterocycles. The van der Waals surface area contributed by atoms with Gasteiger partial charge in [-0.2, -0.15) is 0 Å². The molecule has 2 amide bonds. The number of carbonyl (C=O) groups is 2. The van der Waals surface area contributed by atoms with Crippen LogP contribution in [0.4, 0.5) is 5.69 Å². The predicted octanol–water partition coefficient (Wildman–Crippen LogP) is 3.78. The van der Waals surface area contributed by atoms with Crippen molar-refractivity contribution in [2.24, 2.45) is 0 Å². The Morgan fingerprint density at radius 1 is 1.09 bits per heavy atom. The fourth-order valence-electron chi connectivity index (χ4n) is 3.52. The maximum Gasteiger partial charge on any atom is 0.244 e. The molecule has 1 atom stereocenters. The minimum absolute atomic E-state index is 0.170. The van der Waals surface area contributed by atoms with Crippen LogP contribution >= 0.6 is 15.9 Å². The van der Waals surface area contributed by atoms with Crippen molar-refractivity contribution in [3.63, 3.8) is 0 Å². The number of benzene rings is 2.